The molecule has 144 valence electrons. The van der Waals surface area contributed by atoms with Crippen molar-refractivity contribution in [3.8, 4) is 0 Å². The van der Waals surface area contributed by atoms with Gasteiger partial charge in [-0.2, -0.15) is 0 Å². The molecule has 0 spiro atoms. The second-order valence-corrected chi connectivity index (χ2v) is 7.30. The fourth-order valence-corrected chi connectivity index (χ4v) is 3.15. The maximum absolute atomic E-state index is 11.9. The van der Waals surface area contributed by atoms with Crippen molar-refractivity contribution in [3.05, 3.63) is 0 Å². The summed E-state index contributed by atoms with van der Waals surface area (Å²) in [6.45, 7) is 6.61. The van der Waals surface area contributed by atoms with Crippen LogP contribution in [0.4, 0.5) is 0 Å². The second kappa shape index (κ2) is 18.8. The van der Waals surface area contributed by atoms with Crippen molar-refractivity contribution < 1.29 is 9.53 Å². The van der Waals surface area contributed by atoms with Gasteiger partial charge in [0.2, 0.25) is 0 Å². The van der Waals surface area contributed by atoms with Gasteiger partial charge in [0.25, 0.3) is 0 Å². The van der Waals surface area contributed by atoms with Crippen molar-refractivity contribution in [1.82, 2.24) is 0 Å². The molecule has 0 saturated heterocycles. The number of ether oxygens (including phenoxy) is 1. The maximum Gasteiger partial charge on any atom is 0.306 e. The van der Waals surface area contributed by atoms with Crippen molar-refractivity contribution >= 4 is 5.97 Å². The van der Waals surface area contributed by atoms with Crippen LogP contribution >= 0.6 is 0 Å². The fraction of sp³-hybridized carbons (Fsp3) is 0.955. The van der Waals surface area contributed by atoms with Gasteiger partial charge in [-0.25, -0.2) is 0 Å². The Morgan fingerprint density at radius 1 is 0.667 bits per heavy atom. The van der Waals surface area contributed by atoms with Gasteiger partial charge in [-0.15, -0.1) is 0 Å². The number of esters is 1. The summed E-state index contributed by atoms with van der Waals surface area (Å²) in [6, 6.07) is 0. The molecule has 1 atom stereocenters. The minimum atomic E-state index is 0.0225. The van der Waals surface area contributed by atoms with E-state index in [2.05, 4.69) is 20.8 Å². The van der Waals surface area contributed by atoms with Crippen LogP contribution in [0.15, 0.2) is 0 Å². The number of unbranched alkanes of at least 4 members (excludes halogenated alkanes) is 12. The molecule has 0 radical (unpaired) electrons. The Balaban J connectivity index is 3.49. The number of rotatable bonds is 18. The van der Waals surface area contributed by atoms with Crippen LogP contribution < -0.4 is 0 Å². The topological polar surface area (TPSA) is 26.3 Å². The molecule has 0 aliphatic carbocycles. The highest BCUT2D eigenvalue weighted by Gasteiger charge is 2.11. The monoisotopic (exact) mass is 340 g/mol. The molecular formula is C22H44O2. The third-order valence-electron chi connectivity index (χ3n) is 4.87. The third-order valence-corrected chi connectivity index (χ3v) is 4.87. The lowest BCUT2D eigenvalue weighted by Crippen LogP contribution is -2.17. The Bertz CT molecular complexity index is 263. The SMILES string of the molecule is CCCCCCCCCCCC(CC)OC(=O)CCCCCCC. The zero-order valence-corrected chi connectivity index (χ0v) is 16.9. The Morgan fingerprint density at radius 2 is 1.12 bits per heavy atom. The first kappa shape index (κ1) is 23.5. The van der Waals surface area contributed by atoms with Crippen molar-refractivity contribution in [2.75, 3.05) is 0 Å². The van der Waals surface area contributed by atoms with E-state index in [1.54, 1.807) is 0 Å². The predicted octanol–water partition coefficient (Wildman–Crippen LogP) is 7.59. The van der Waals surface area contributed by atoms with Crippen LogP contribution in [0.5, 0.6) is 0 Å². The number of hydrogen-bond donors (Lipinski definition) is 0. The predicted molar refractivity (Wildman–Crippen MR) is 105 cm³/mol. The second-order valence-electron chi connectivity index (χ2n) is 7.30. The summed E-state index contributed by atoms with van der Waals surface area (Å²) < 4.78 is 5.64. The molecule has 0 aromatic heterocycles. The largest absolute Gasteiger partial charge is 0.462 e. The molecule has 0 rings (SSSR count). The Labute approximate surface area is 152 Å². The Hall–Kier alpha value is -0.530. The average molecular weight is 341 g/mol. The first-order valence-electron chi connectivity index (χ1n) is 10.9. The first-order valence-corrected chi connectivity index (χ1v) is 10.9. The molecule has 2 nitrogen and oxygen atoms in total. The van der Waals surface area contributed by atoms with Gasteiger partial charge in [0, 0.05) is 6.42 Å². The van der Waals surface area contributed by atoms with E-state index in [1.165, 1.54) is 77.0 Å². The molecule has 0 N–H and O–H groups in total. The third kappa shape index (κ3) is 16.3. The number of carbonyl (C=O) groups is 1. The standard InChI is InChI=1S/C22H44O2/c1-4-7-9-11-12-13-14-16-17-19-21(6-3)24-22(23)20-18-15-10-8-5-2/h21H,4-20H2,1-3H3. The first-order chi connectivity index (χ1) is 11.7. The van der Waals surface area contributed by atoms with E-state index in [4.69, 9.17) is 4.74 Å². The van der Waals surface area contributed by atoms with Crippen LogP contribution in [-0.2, 0) is 9.53 Å². The van der Waals surface area contributed by atoms with E-state index < -0.39 is 0 Å². The van der Waals surface area contributed by atoms with Gasteiger partial charge in [0.1, 0.15) is 6.10 Å². The molecule has 1 unspecified atom stereocenters. The summed E-state index contributed by atoms with van der Waals surface area (Å²) in [4.78, 5) is 11.9. The average Bonchev–Trinajstić information content (AvgIpc) is 2.59. The fourth-order valence-electron chi connectivity index (χ4n) is 3.15. The summed E-state index contributed by atoms with van der Waals surface area (Å²) in [5.41, 5.74) is 0. The molecule has 0 amide bonds. The quantitative estimate of drug-likeness (QED) is 0.190. The summed E-state index contributed by atoms with van der Waals surface area (Å²) in [5, 5.41) is 0. The Kier molecular flexibility index (Phi) is 18.4. The van der Waals surface area contributed by atoms with Crippen molar-refractivity contribution in [3.63, 3.8) is 0 Å². The molecule has 0 bridgehead atoms. The molecule has 0 aliphatic rings. The zero-order chi connectivity index (χ0) is 17.9. The van der Waals surface area contributed by atoms with Crippen molar-refractivity contribution in [2.45, 2.75) is 136 Å². The highest BCUT2D eigenvalue weighted by molar-refractivity contribution is 5.69. The van der Waals surface area contributed by atoms with Crippen LogP contribution in [0.2, 0.25) is 0 Å². The van der Waals surface area contributed by atoms with Crippen LogP contribution in [0.3, 0.4) is 0 Å². The van der Waals surface area contributed by atoms with E-state index in [1.807, 2.05) is 0 Å². The van der Waals surface area contributed by atoms with Crippen molar-refractivity contribution in [2.24, 2.45) is 0 Å². The lowest BCUT2D eigenvalue weighted by molar-refractivity contribution is -0.149. The van der Waals surface area contributed by atoms with E-state index in [-0.39, 0.29) is 12.1 Å². The number of hydrogen-bond acceptors (Lipinski definition) is 2. The lowest BCUT2D eigenvalue weighted by Gasteiger charge is -2.16. The van der Waals surface area contributed by atoms with Gasteiger partial charge in [-0.1, -0.05) is 97.8 Å². The van der Waals surface area contributed by atoms with Gasteiger partial charge >= 0.3 is 5.97 Å². The minimum absolute atomic E-state index is 0.0225. The van der Waals surface area contributed by atoms with Gasteiger partial charge in [-0.05, 0) is 25.7 Å². The van der Waals surface area contributed by atoms with E-state index >= 15 is 0 Å². The molecule has 0 heterocycles. The van der Waals surface area contributed by atoms with E-state index in [9.17, 15) is 4.79 Å². The Morgan fingerprint density at radius 3 is 1.62 bits per heavy atom. The van der Waals surface area contributed by atoms with Crippen LogP contribution in [0, 0.1) is 0 Å². The molecule has 2 heteroatoms. The molecule has 0 aromatic rings. The van der Waals surface area contributed by atoms with Gasteiger partial charge < -0.3 is 4.74 Å². The molecule has 0 fully saturated rings. The minimum Gasteiger partial charge on any atom is -0.462 e. The smallest absolute Gasteiger partial charge is 0.306 e. The summed E-state index contributed by atoms with van der Waals surface area (Å²) in [5.74, 6) is 0.0225. The van der Waals surface area contributed by atoms with Crippen LogP contribution in [0.1, 0.15) is 130 Å². The van der Waals surface area contributed by atoms with E-state index in [0.29, 0.717) is 6.42 Å². The van der Waals surface area contributed by atoms with Crippen LogP contribution in [-0.4, -0.2) is 12.1 Å². The normalized spacial score (nSPS) is 12.3. The van der Waals surface area contributed by atoms with Gasteiger partial charge in [0.05, 0.1) is 0 Å². The molecule has 0 aromatic carbocycles. The molecular weight excluding hydrogens is 296 g/mol. The highest BCUT2D eigenvalue weighted by atomic mass is 16.5. The zero-order valence-electron chi connectivity index (χ0n) is 16.9. The lowest BCUT2D eigenvalue weighted by atomic mass is 10.0. The summed E-state index contributed by atoms with van der Waals surface area (Å²) in [6.07, 6.45) is 20.8. The van der Waals surface area contributed by atoms with E-state index in [0.717, 1.165) is 25.7 Å². The van der Waals surface area contributed by atoms with Gasteiger partial charge in [0.15, 0.2) is 0 Å². The van der Waals surface area contributed by atoms with Gasteiger partial charge in [-0.3, -0.25) is 4.79 Å². The molecule has 0 saturated carbocycles. The molecule has 24 heavy (non-hydrogen) atoms. The number of carbonyl (C=O) groups excluding carboxylic acids is 1. The summed E-state index contributed by atoms with van der Waals surface area (Å²) >= 11 is 0. The summed E-state index contributed by atoms with van der Waals surface area (Å²) in [7, 11) is 0. The highest BCUT2D eigenvalue weighted by Crippen LogP contribution is 2.15. The van der Waals surface area contributed by atoms with Crippen molar-refractivity contribution in [1.29, 1.82) is 0 Å². The maximum atomic E-state index is 11.9. The molecule has 0 aliphatic heterocycles. The van der Waals surface area contributed by atoms with Crippen LogP contribution in [0.25, 0.3) is 0 Å².